The topological polar surface area (TPSA) is 48.1 Å². The van der Waals surface area contributed by atoms with Crippen LogP contribution in [0.4, 0.5) is 0 Å². The highest BCUT2D eigenvalue weighted by atomic mass is 32.1. The molecule has 0 radical (unpaired) electrons. The summed E-state index contributed by atoms with van der Waals surface area (Å²) in [4.78, 5) is 4.37. The molecule has 2 aromatic rings. The molecular weight excluding hydrogens is 268 g/mol. The minimum absolute atomic E-state index is 0.122. The minimum atomic E-state index is 0.122. The Morgan fingerprint density at radius 1 is 1.15 bits per heavy atom. The van der Waals surface area contributed by atoms with Crippen LogP contribution in [0, 0.1) is 0 Å². The zero-order chi connectivity index (χ0) is 14.8. The second-order valence-electron chi connectivity index (χ2n) is 5.59. The third-order valence-electron chi connectivity index (χ3n) is 2.95. The van der Waals surface area contributed by atoms with Crippen molar-refractivity contribution in [3.8, 4) is 11.5 Å². The SMILES string of the molecule is CC(C)(C)c1ccc(Oc2cccnc2C(N)=S)cc1. The quantitative estimate of drug-likeness (QED) is 0.872. The lowest BCUT2D eigenvalue weighted by atomic mass is 9.87. The Balaban J connectivity index is 2.25. The molecule has 0 aliphatic heterocycles. The number of benzene rings is 1. The van der Waals surface area contributed by atoms with Gasteiger partial charge in [-0.2, -0.15) is 0 Å². The number of thiocarbonyl (C=S) groups is 1. The number of pyridine rings is 1. The molecule has 4 heteroatoms. The van der Waals surface area contributed by atoms with E-state index in [0.717, 1.165) is 5.75 Å². The zero-order valence-corrected chi connectivity index (χ0v) is 12.7. The minimum Gasteiger partial charge on any atom is -0.455 e. The first kappa shape index (κ1) is 14.5. The summed E-state index contributed by atoms with van der Waals surface area (Å²) < 4.78 is 5.81. The first-order valence-corrected chi connectivity index (χ1v) is 6.82. The number of nitrogens with zero attached hydrogens (tertiary/aromatic N) is 1. The van der Waals surface area contributed by atoms with Crippen LogP contribution in [0.3, 0.4) is 0 Å². The second-order valence-corrected chi connectivity index (χ2v) is 6.03. The van der Waals surface area contributed by atoms with Crippen LogP contribution in [0.25, 0.3) is 0 Å². The van der Waals surface area contributed by atoms with Crippen LogP contribution in [0.2, 0.25) is 0 Å². The van der Waals surface area contributed by atoms with Gasteiger partial charge in [-0.1, -0.05) is 45.1 Å². The summed E-state index contributed by atoms with van der Waals surface area (Å²) in [6.07, 6.45) is 1.64. The van der Waals surface area contributed by atoms with Crippen molar-refractivity contribution in [1.82, 2.24) is 4.98 Å². The molecule has 0 amide bonds. The van der Waals surface area contributed by atoms with Crippen molar-refractivity contribution in [2.45, 2.75) is 26.2 Å². The highest BCUT2D eigenvalue weighted by Gasteiger charge is 2.14. The van der Waals surface area contributed by atoms with Gasteiger partial charge in [0.15, 0.2) is 5.75 Å². The predicted octanol–water partition coefficient (Wildman–Crippen LogP) is 3.81. The molecule has 0 aliphatic carbocycles. The largest absolute Gasteiger partial charge is 0.455 e. The molecule has 2 N–H and O–H groups in total. The Morgan fingerprint density at radius 2 is 1.80 bits per heavy atom. The van der Waals surface area contributed by atoms with Crippen molar-refractivity contribution in [2.75, 3.05) is 0 Å². The molecular formula is C16H18N2OS. The van der Waals surface area contributed by atoms with E-state index < -0.39 is 0 Å². The van der Waals surface area contributed by atoms with Crippen molar-refractivity contribution in [3.05, 3.63) is 53.9 Å². The lowest BCUT2D eigenvalue weighted by Crippen LogP contribution is -2.13. The summed E-state index contributed by atoms with van der Waals surface area (Å²) in [5, 5.41) is 0. The van der Waals surface area contributed by atoms with E-state index >= 15 is 0 Å². The van der Waals surface area contributed by atoms with Crippen molar-refractivity contribution in [3.63, 3.8) is 0 Å². The number of rotatable bonds is 3. The van der Waals surface area contributed by atoms with Crippen molar-refractivity contribution < 1.29 is 4.74 Å². The normalized spacial score (nSPS) is 11.2. The molecule has 0 bridgehead atoms. The molecule has 1 aromatic carbocycles. The van der Waals surface area contributed by atoms with E-state index in [0.29, 0.717) is 11.4 Å². The van der Waals surface area contributed by atoms with E-state index in [9.17, 15) is 0 Å². The Morgan fingerprint density at radius 3 is 2.35 bits per heavy atom. The van der Waals surface area contributed by atoms with Crippen LogP contribution in [0.1, 0.15) is 32.0 Å². The molecule has 0 aliphatic rings. The molecule has 0 fully saturated rings. The van der Waals surface area contributed by atoms with E-state index in [1.807, 2.05) is 12.1 Å². The average Bonchev–Trinajstić information content (AvgIpc) is 2.38. The number of hydrogen-bond donors (Lipinski definition) is 1. The second kappa shape index (κ2) is 5.59. The van der Waals surface area contributed by atoms with Gasteiger partial charge in [-0.15, -0.1) is 0 Å². The molecule has 0 spiro atoms. The van der Waals surface area contributed by atoms with Gasteiger partial charge >= 0.3 is 0 Å². The summed E-state index contributed by atoms with van der Waals surface area (Å²) in [7, 11) is 0. The third kappa shape index (κ3) is 3.33. The summed E-state index contributed by atoms with van der Waals surface area (Å²) in [5.74, 6) is 1.31. The standard InChI is InChI=1S/C16H18N2OS/c1-16(2,3)11-6-8-12(9-7-11)19-13-5-4-10-18-14(13)15(17)20/h4-10H,1-3H3,(H2,17,20). The first-order chi connectivity index (χ1) is 9.38. The van der Waals surface area contributed by atoms with E-state index in [-0.39, 0.29) is 10.4 Å². The van der Waals surface area contributed by atoms with Gasteiger partial charge in [-0.3, -0.25) is 0 Å². The summed E-state index contributed by atoms with van der Waals surface area (Å²) in [6, 6.07) is 11.6. The zero-order valence-electron chi connectivity index (χ0n) is 11.9. The number of nitrogens with two attached hydrogens (primary N) is 1. The van der Waals surface area contributed by atoms with Gasteiger partial charge in [0.05, 0.1) is 0 Å². The van der Waals surface area contributed by atoms with Crippen LogP contribution >= 0.6 is 12.2 Å². The molecule has 0 saturated carbocycles. The maximum Gasteiger partial charge on any atom is 0.156 e. The molecule has 0 atom stereocenters. The van der Waals surface area contributed by atoms with Crippen LogP contribution in [-0.2, 0) is 5.41 Å². The van der Waals surface area contributed by atoms with E-state index in [2.05, 4.69) is 37.9 Å². The summed E-state index contributed by atoms with van der Waals surface area (Å²) in [5.41, 5.74) is 7.52. The fourth-order valence-electron chi connectivity index (χ4n) is 1.81. The smallest absolute Gasteiger partial charge is 0.156 e. The maximum atomic E-state index is 5.81. The third-order valence-corrected chi connectivity index (χ3v) is 3.15. The van der Waals surface area contributed by atoms with Crippen LogP contribution in [0.5, 0.6) is 11.5 Å². The Bertz CT molecular complexity index is 615. The van der Waals surface area contributed by atoms with E-state index in [4.69, 9.17) is 22.7 Å². The number of hydrogen-bond acceptors (Lipinski definition) is 3. The van der Waals surface area contributed by atoms with Crippen molar-refractivity contribution in [2.24, 2.45) is 5.73 Å². The summed E-state index contributed by atoms with van der Waals surface area (Å²) in [6.45, 7) is 6.53. The van der Waals surface area contributed by atoms with Gasteiger partial charge in [0.25, 0.3) is 0 Å². The fraction of sp³-hybridized carbons (Fsp3) is 0.250. The molecule has 0 unspecified atom stereocenters. The van der Waals surface area contributed by atoms with E-state index in [1.165, 1.54) is 5.56 Å². The lowest BCUT2D eigenvalue weighted by molar-refractivity contribution is 0.478. The van der Waals surface area contributed by atoms with Gasteiger partial charge in [-0.25, -0.2) is 4.98 Å². The Hall–Kier alpha value is -1.94. The van der Waals surface area contributed by atoms with Gasteiger partial charge < -0.3 is 10.5 Å². The van der Waals surface area contributed by atoms with Gasteiger partial charge in [0.2, 0.25) is 0 Å². The predicted molar refractivity (Wildman–Crippen MR) is 85.3 cm³/mol. The molecule has 20 heavy (non-hydrogen) atoms. The monoisotopic (exact) mass is 286 g/mol. The highest BCUT2D eigenvalue weighted by Crippen LogP contribution is 2.27. The van der Waals surface area contributed by atoms with Crippen molar-refractivity contribution in [1.29, 1.82) is 0 Å². The van der Waals surface area contributed by atoms with E-state index in [1.54, 1.807) is 18.3 Å². The fourth-order valence-corrected chi connectivity index (χ4v) is 1.96. The molecule has 2 rings (SSSR count). The average molecular weight is 286 g/mol. The van der Waals surface area contributed by atoms with Crippen LogP contribution in [0.15, 0.2) is 42.6 Å². The lowest BCUT2D eigenvalue weighted by Gasteiger charge is -2.19. The van der Waals surface area contributed by atoms with Gasteiger partial charge in [0.1, 0.15) is 16.4 Å². The molecule has 3 nitrogen and oxygen atoms in total. The van der Waals surface area contributed by atoms with Gasteiger partial charge in [-0.05, 0) is 35.2 Å². The molecule has 0 saturated heterocycles. The summed E-state index contributed by atoms with van der Waals surface area (Å²) >= 11 is 4.97. The Kier molecular flexibility index (Phi) is 4.04. The first-order valence-electron chi connectivity index (χ1n) is 6.41. The molecule has 1 aromatic heterocycles. The highest BCUT2D eigenvalue weighted by molar-refractivity contribution is 7.80. The number of ether oxygens (including phenoxy) is 1. The maximum absolute atomic E-state index is 5.81. The van der Waals surface area contributed by atoms with Gasteiger partial charge in [0, 0.05) is 6.20 Å². The number of aromatic nitrogens is 1. The molecule has 104 valence electrons. The van der Waals surface area contributed by atoms with Crippen molar-refractivity contribution >= 4 is 17.2 Å². The Labute approximate surface area is 124 Å². The molecule has 1 heterocycles. The van der Waals surface area contributed by atoms with Crippen LogP contribution < -0.4 is 10.5 Å². The van der Waals surface area contributed by atoms with Crippen LogP contribution in [-0.4, -0.2) is 9.97 Å².